The Bertz CT molecular complexity index is 1440. The van der Waals surface area contributed by atoms with Crippen LogP contribution in [0.4, 0.5) is 5.69 Å². The van der Waals surface area contributed by atoms with Gasteiger partial charge in [0.15, 0.2) is 0 Å². The molecule has 5 nitrogen and oxygen atoms in total. The number of carboxylic acids is 1. The number of hydrogen-bond donors (Lipinski definition) is 1. The molecule has 1 atom stereocenters. The maximum absolute atomic E-state index is 12.1. The Morgan fingerprint density at radius 3 is 2.32 bits per heavy atom. The van der Waals surface area contributed by atoms with Crippen LogP contribution < -0.4 is 4.90 Å². The summed E-state index contributed by atoms with van der Waals surface area (Å²) in [5.74, 6) is -0.246. The second kappa shape index (κ2) is 13.0. The van der Waals surface area contributed by atoms with Gasteiger partial charge in [-0.25, -0.2) is 4.98 Å². The number of aromatic nitrogens is 1. The lowest BCUT2D eigenvalue weighted by atomic mass is 9.94. The summed E-state index contributed by atoms with van der Waals surface area (Å²) >= 11 is 1.60. The molecule has 41 heavy (non-hydrogen) atoms. The first kappa shape index (κ1) is 29.0. The minimum absolute atomic E-state index is 0.483. The van der Waals surface area contributed by atoms with Crippen molar-refractivity contribution in [1.29, 1.82) is 0 Å². The van der Waals surface area contributed by atoms with Gasteiger partial charge in [0.1, 0.15) is 11.0 Å². The van der Waals surface area contributed by atoms with E-state index in [4.69, 9.17) is 4.98 Å². The highest BCUT2D eigenvalue weighted by molar-refractivity contribution is 7.09. The van der Waals surface area contributed by atoms with Crippen molar-refractivity contribution >= 4 is 23.0 Å². The van der Waals surface area contributed by atoms with Gasteiger partial charge < -0.3 is 10.0 Å². The van der Waals surface area contributed by atoms with Crippen LogP contribution in [-0.4, -0.2) is 33.0 Å². The summed E-state index contributed by atoms with van der Waals surface area (Å²) in [6.07, 6.45) is 2.74. The average Bonchev–Trinajstić information content (AvgIpc) is 3.45. The zero-order chi connectivity index (χ0) is 28.9. The number of rotatable bonds is 11. The van der Waals surface area contributed by atoms with Crippen LogP contribution in [-0.2, 0) is 30.8 Å². The quantitative estimate of drug-likeness (QED) is 0.198. The summed E-state index contributed by atoms with van der Waals surface area (Å²) < 4.78 is 0. The molecule has 4 aromatic rings. The summed E-state index contributed by atoms with van der Waals surface area (Å²) in [5.41, 5.74) is 8.29. The molecular formula is C35H41N3O2S. The number of anilines is 1. The Hall–Kier alpha value is -3.48. The first-order valence-electron chi connectivity index (χ1n) is 14.8. The third kappa shape index (κ3) is 6.71. The molecule has 0 aliphatic carbocycles. The Labute approximate surface area is 248 Å². The van der Waals surface area contributed by atoms with Crippen molar-refractivity contribution in [1.82, 2.24) is 9.88 Å². The number of fused-ring (bicyclic) bond motifs is 1. The molecule has 0 fully saturated rings. The fraction of sp³-hybridized carbons (Fsp3) is 0.371. The lowest BCUT2D eigenvalue weighted by Gasteiger charge is -2.33. The standard InChI is InChI=1S/C35H41N3O2S/c1-5-30(6-2)38(31-17-15-26(16-18-31)24(3)4)20-25-11-13-27(14-12-25)32-23-41-34(36-32)22-37-21-29-10-8-7-9-28(29)19-33(37)35(39)40/h7-18,23-24,30,33H,5-6,19-22H2,1-4H3,(H,39,40)/t33-/m0/s1. The van der Waals surface area contributed by atoms with E-state index in [2.05, 4.69) is 92.6 Å². The van der Waals surface area contributed by atoms with Gasteiger partial charge in [-0.1, -0.05) is 88.4 Å². The van der Waals surface area contributed by atoms with Crippen molar-refractivity contribution in [2.75, 3.05) is 4.90 Å². The molecule has 2 heterocycles. The van der Waals surface area contributed by atoms with E-state index in [-0.39, 0.29) is 0 Å². The van der Waals surface area contributed by atoms with Crippen LogP contribution in [0.1, 0.15) is 73.7 Å². The minimum atomic E-state index is -0.773. The summed E-state index contributed by atoms with van der Waals surface area (Å²) in [6.45, 7) is 11.0. The molecular weight excluding hydrogens is 526 g/mol. The SMILES string of the molecule is CCC(CC)N(Cc1ccc(-c2csc(CN3Cc4ccccc4C[C@H]3C(=O)O)n2)cc1)c1ccc(C(C)C)cc1. The maximum atomic E-state index is 12.1. The highest BCUT2D eigenvalue weighted by Gasteiger charge is 2.31. The largest absolute Gasteiger partial charge is 0.480 e. The molecule has 3 aromatic carbocycles. The molecule has 5 rings (SSSR count). The monoisotopic (exact) mass is 567 g/mol. The first-order chi connectivity index (χ1) is 19.9. The van der Waals surface area contributed by atoms with Crippen LogP contribution in [0.3, 0.4) is 0 Å². The predicted molar refractivity (Wildman–Crippen MR) is 169 cm³/mol. The predicted octanol–water partition coefficient (Wildman–Crippen LogP) is 8.14. The first-order valence-corrected chi connectivity index (χ1v) is 15.7. The minimum Gasteiger partial charge on any atom is -0.480 e. The Kier molecular flexibility index (Phi) is 9.21. The second-order valence-corrected chi connectivity index (χ2v) is 12.3. The number of carbonyl (C=O) groups is 1. The second-order valence-electron chi connectivity index (χ2n) is 11.4. The van der Waals surface area contributed by atoms with Gasteiger partial charge in [-0.05, 0) is 59.6 Å². The zero-order valence-electron chi connectivity index (χ0n) is 24.6. The van der Waals surface area contributed by atoms with E-state index in [1.807, 2.05) is 23.1 Å². The van der Waals surface area contributed by atoms with E-state index < -0.39 is 12.0 Å². The van der Waals surface area contributed by atoms with E-state index in [0.717, 1.165) is 41.2 Å². The van der Waals surface area contributed by atoms with Crippen molar-refractivity contribution in [3.05, 3.63) is 105 Å². The third-order valence-corrected chi connectivity index (χ3v) is 9.23. The van der Waals surface area contributed by atoms with Crippen LogP contribution in [0.2, 0.25) is 0 Å². The van der Waals surface area contributed by atoms with E-state index in [1.165, 1.54) is 22.4 Å². The topological polar surface area (TPSA) is 56.7 Å². The third-order valence-electron chi connectivity index (χ3n) is 8.40. The lowest BCUT2D eigenvalue weighted by Crippen LogP contribution is -2.44. The van der Waals surface area contributed by atoms with Crippen molar-refractivity contribution in [2.45, 2.75) is 84.6 Å². The molecule has 0 saturated heterocycles. The van der Waals surface area contributed by atoms with Gasteiger partial charge in [0.05, 0.1) is 12.2 Å². The summed E-state index contributed by atoms with van der Waals surface area (Å²) in [5, 5.41) is 12.9. The number of hydrogen-bond acceptors (Lipinski definition) is 5. The van der Waals surface area contributed by atoms with E-state index in [1.54, 1.807) is 11.3 Å². The van der Waals surface area contributed by atoms with Crippen LogP contribution in [0.5, 0.6) is 0 Å². The number of aliphatic carboxylic acids is 1. The van der Waals surface area contributed by atoms with Gasteiger partial charge in [-0.2, -0.15) is 0 Å². The van der Waals surface area contributed by atoms with Crippen LogP contribution in [0, 0.1) is 0 Å². The van der Waals surface area contributed by atoms with Crippen molar-refractivity contribution < 1.29 is 9.90 Å². The Morgan fingerprint density at radius 2 is 1.68 bits per heavy atom. The van der Waals surface area contributed by atoms with Crippen molar-refractivity contribution in [3.8, 4) is 11.3 Å². The maximum Gasteiger partial charge on any atom is 0.321 e. The molecule has 0 radical (unpaired) electrons. The smallest absolute Gasteiger partial charge is 0.321 e. The molecule has 1 N–H and O–H groups in total. The highest BCUT2D eigenvalue weighted by atomic mass is 32.1. The number of nitrogens with zero attached hydrogens (tertiary/aromatic N) is 3. The van der Waals surface area contributed by atoms with Gasteiger partial charge in [-0.3, -0.25) is 9.69 Å². The molecule has 214 valence electrons. The number of carboxylic acid groups (broad SMARTS) is 1. The van der Waals surface area contributed by atoms with E-state index >= 15 is 0 Å². The molecule has 1 aliphatic rings. The molecule has 0 saturated carbocycles. The molecule has 6 heteroatoms. The zero-order valence-corrected chi connectivity index (χ0v) is 25.4. The fourth-order valence-electron chi connectivity index (χ4n) is 5.87. The molecule has 0 spiro atoms. The Balaban J connectivity index is 1.29. The van der Waals surface area contributed by atoms with E-state index in [0.29, 0.717) is 31.5 Å². The summed E-state index contributed by atoms with van der Waals surface area (Å²) in [6, 6.07) is 25.9. The molecule has 0 amide bonds. The molecule has 1 aromatic heterocycles. The summed E-state index contributed by atoms with van der Waals surface area (Å²) in [4.78, 5) is 21.5. The van der Waals surface area contributed by atoms with Crippen molar-refractivity contribution in [3.63, 3.8) is 0 Å². The van der Waals surface area contributed by atoms with Crippen LogP contribution in [0.25, 0.3) is 11.3 Å². The average molecular weight is 568 g/mol. The van der Waals surface area contributed by atoms with Gasteiger partial charge in [-0.15, -0.1) is 11.3 Å². The highest BCUT2D eigenvalue weighted by Crippen LogP contribution is 2.30. The fourth-order valence-corrected chi connectivity index (χ4v) is 6.69. The van der Waals surface area contributed by atoms with Crippen LogP contribution in [0.15, 0.2) is 78.2 Å². The van der Waals surface area contributed by atoms with Gasteiger partial charge in [0.2, 0.25) is 0 Å². The molecule has 0 unspecified atom stereocenters. The lowest BCUT2D eigenvalue weighted by molar-refractivity contribution is -0.144. The normalized spacial score (nSPS) is 15.3. The van der Waals surface area contributed by atoms with E-state index in [9.17, 15) is 9.90 Å². The van der Waals surface area contributed by atoms with Crippen LogP contribution >= 0.6 is 11.3 Å². The summed E-state index contributed by atoms with van der Waals surface area (Å²) in [7, 11) is 0. The van der Waals surface area contributed by atoms with Gasteiger partial charge in [0.25, 0.3) is 0 Å². The number of thiazole rings is 1. The molecule has 0 bridgehead atoms. The van der Waals surface area contributed by atoms with Crippen molar-refractivity contribution in [2.24, 2.45) is 0 Å². The van der Waals surface area contributed by atoms with Gasteiger partial charge in [0, 0.05) is 35.8 Å². The number of benzene rings is 3. The Morgan fingerprint density at radius 1 is 1.00 bits per heavy atom. The molecule has 1 aliphatic heterocycles. The van der Waals surface area contributed by atoms with Gasteiger partial charge >= 0.3 is 5.97 Å².